The molecule has 0 aliphatic carbocycles. The van der Waals surface area contributed by atoms with Gasteiger partial charge in [-0.25, -0.2) is 17.6 Å². The van der Waals surface area contributed by atoms with Crippen LogP contribution < -0.4 is 0 Å². The predicted molar refractivity (Wildman–Crippen MR) is 85.2 cm³/mol. The number of rotatable bonds is 4. The molecule has 2 rings (SSSR count). The van der Waals surface area contributed by atoms with Crippen molar-refractivity contribution in [2.75, 3.05) is 0 Å². The first-order chi connectivity index (χ1) is 12.2. The van der Waals surface area contributed by atoms with Crippen molar-refractivity contribution in [3.8, 4) is 0 Å². The van der Waals surface area contributed by atoms with Gasteiger partial charge in [-0.1, -0.05) is 23.2 Å². The van der Waals surface area contributed by atoms with Gasteiger partial charge in [0.15, 0.2) is 23.3 Å². The van der Waals surface area contributed by atoms with Gasteiger partial charge in [0.1, 0.15) is 9.79 Å². The highest BCUT2D eigenvalue weighted by atomic mass is 35.5. The van der Waals surface area contributed by atoms with Crippen LogP contribution in [0.4, 0.5) is 17.6 Å². The molecule has 0 unspecified atom stereocenters. The zero-order valence-electron chi connectivity index (χ0n) is 12.5. The van der Waals surface area contributed by atoms with Gasteiger partial charge in [-0.15, -0.1) is 0 Å². The molecule has 0 spiro atoms. The van der Waals surface area contributed by atoms with Crippen molar-refractivity contribution < 1.29 is 43.5 Å². The Morgan fingerprint density at radius 3 is 1.30 bits per heavy atom. The van der Waals surface area contributed by atoms with Crippen LogP contribution in [-0.4, -0.2) is 25.9 Å². The second-order valence-electron chi connectivity index (χ2n) is 5.05. The molecule has 2 aromatic rings. The zero-order valence-corrected chi connectivity index (χ0v) is 15.6. The van der Waals surface area contributed by atoms with Gasteiger partial charge in [0.2, 0.25) is 0 Å². The third kappa shape index (κ3) is 4.20. The average Bonchev–Trinajstić information content (AvgIpc) is 2.51. The summed E-state index contributed by atoms with van der Waals surface area (Å²) in [7, 11) is -10.2. The lowest BCUT2D eigenvalue weighted by Gasteiger charge is -2.14. The molecule has 0 radical (unpaired) electrons. The molecule has 0 fully saturated rings. The van der Waals surface area contributed by atoms with Crippen molar-refractivity contribution in [1.82, 2.24) is 0 Å². The van der Waals surface area contributed by atoms with Crippen molar-refractivity contribution in [3.63, 3.8) is 0 Å². The molecule has 0 aliphatic rings. The molecule has 0 saturated heterocycles. The largest absolute Gasteiger partial charge is 0.296 e. The number of hydrogen-bond acceptors (Lipinski definition) is 4. The van der Waals surface area contributed by atoms with Gasteiger partial charge in [-0.2, -0.15) is 16.8 Å². The van der Waals surface area contributed by atoms with Crippen molar-refractivity contribution in [3.05, 3.63) is 56.6 Å². The number of halogens is 6. The van der Waals surface area contributed by atoms with Crippen LogP contribution >= 0.6 is 23.2 Å². The summed E-state index contributed by atoms with van der Waals surface area (Å²) in [6.45, 7) is 0. The predicted octanol–water partition coefficient (Wildman–Crippen LogP) is 3.63. The van der Waals surface area contributed by atoms with Crippen LogP contribution in [0.2, 0.25) is 10.0 Å². The SMILES string of the molecule is O=S(=O)(O)c1cc(F)c(F)c(Cc2c(F)c(F)cc(S(=O)(=O)O)c2Cl)c1Cl. The molecular formula is C13H6Cl2F4O6S2. The lowest BCUT2D eigenvalue weighted by Crippen LogP contribution is -2.10. The van der Waals surface area contributed by atoms with Gasteiger partial charge in [0.05, 0.1) is 10.0 Å². The van der Waals surface area contributed by atoms with Crippen LogP contribution in [0.15, 0.2) is 21.9 Å². The minimum absolute atomic E-state index is 0.0592. The summed E-state index contributed by atoms with van der Waals surface area (Å²) in [6, 6.07) is 0.118. The Balaban J connectivity index is 2.83. The Morgan fingerprint density at radius 2 is 1.04 bits per heavy atom. The van der Waals surface area contributed by atoms with E-state index in [0.29, 0.717) is 0 Å². The highest BCUT2D eigenvalue weighted by molar-refractivity contribution is 7.86. The standard InChI is InChI=1S/C13H6Cl2F4O6S2/c14-10-4(12(18)6(16)2-8(10)26(20,21)22)1-5-11(15)9(27(23,24)25)3-7(17)13(5)19/h2-3H,1H2,(H,20,21,22)(H,23,24,25). The number of hydrogen-bond donors (Lipinski definition) is 2. The quantitative estimate of drug-likeness (QED) is 0.402. The normalized spacial score (nSPS) is 12.4. The summed E-state index contributed by atoms with van der Waals surface area (Å²) < 4.78 is 118. The van der Waals surface area contributed by atoms with Crippen LogP contribution in [0.3, 0.4) is 0 Å². The van der Waals surface area contributed by atoms with E-state index in [1.54, 1.807) is 0 Å². The third-order valence-electron chi connectivity index (χ3n) is 3.34. The first-order valence-electron chi connectivity index (χ1n) is 6.44. The molecule has 0 saturated carbocycles. The van der Waals surface area contributed by atoms with E-state index in [2.05, 4.69) is 0 Å². The topological polar surface area (TPSA) is 109 Å². The minimum atomic E-state index is -5.12. The molecular weight excluding hydrogens is 463 g/mol. The number of benzene rings is 2. The van der Waals surface area contributed by atoms with Crippen LogP contribution in [0.25, 0.3) is 0 Å². The highest BCUT2D eigenvalue weighted by Crippen LogP contribution is 2.36. The van der Waals surface area contributed by atoms with Crippen LogP contribution in [-0.2, 0) is 26.7 Å². The van der Waals surface area contributed by atoms with E-state index in [1.165, 1.54) is 0 Å². The molecule has 0 amide bonds. The van der Waals surface area contributed by atoms with Gasteiger partial charge in [-0.3, -0.25) is 9.11 Å². The Hall–Kier alpha value is -1.44. The van der Waals surface area contributed by atoms with Gasteiger partial charge >= 0.3 is 0 Å². The average molecular weight is 469 g/mol. The zero-order chi connectivity index (χ0) is 20.9. The van der Waals surface area contributed by atoms with Crippen molar-refractivity contribution in [1.29, 1.82) is 0 Å². The van der Waals surface area contributed by atoms with Gasteiger partial charge < -0.3 is 0 Å². The second-order valence-corrected chi connectivity index (χ2v) is 8.59. The monoisotopic (exact) mass is 468 g/mol. The summed E-state index contributed by atoms with van der Waals surface area (Å²) >= 11 is 11.2. The van der Waals surface area contributed by atoms with Gasteiger partial charge in [0, 0.05) is 17.5 Å². The molecule has 0 aromatic heterocycles. The second kappa shape index (κ2) is 7.18. The Morgan fingerprint density at radius 1 is 0.741 bits per heavy atom. The Kier molecular flexibility index (Phi) is 5.82. The van der Waals surface area contributed by atoms with Crippen LogP contribution in [0.1, 0.15) is 11.1 Å². The summed E-state index contributed by atoms with van der Waals surface area (Å²) in [5.41, 5.74) is -2.12. The van der Waals surface area contributed by atoms with E-state index in [4.69, 9.17) is 32.3 Å². The van der Waals surface area contributed by atoms with Crippen molar-refractivity contribution >= 4 is 43.4 Å². The highest BCUT2D eigenvalue weighted by Gasteiger charge is 2.28. The van der Waals surface area contributed by atoms with Gasteiger partial charge in [0.25, 0.3) is 20.2 Å². The molecule has 2 N–H and O–H groups in total. The summed E-state index contributed by atoms with van der Waals surface area (Å²) in [6.07, 6.45) is -1.21. The molecule has 0 aliphatic heterocycles. The lowest BCUT2D eigenvalue weighted by molar-refractivity contribution is 0.472. The van der Waals surface area contributed by atoms with Crippen LogP contribution in [0.5, 0.6) is 0 Å². The fraction of sp³-hybridized carbons (Fsp3) is 0.0769. The fourth-order valence-corrected chi connectivity index (χ4v) is 4.32. The van der Waals surface area contributed by atoms with E-state index in [1.807, 2.05) is 0 Å². The first-order valence-corrected chi connectivity index (χ1v) is 10.1. The van der Waals surface area contributed by atoms with E-state index in [9.17, 15) is 34.4 Å². The summed E-state index contributed by atoms with van der Waals surface area (Å²) in [4.78, 5) is -2.53. The fourth-order valence-electron chi connectivity index (χ4n) is 2.12. The molecule has 0 bridgehead atoms. The maximum absolute atomic E-state index is 14.1. The minimum Gasteiger partial charge on any atom is -0.282 e. The van der Waals surface area contributed by atoms with E-state index < -0.39 is 80.9 Å². The molecule has 27 heavy (non-hydrogen) atoms. The lowest BCUT2D eigenvalue weighted by atomic mass is 10.0. The maximum Gasteiger partial charge on any atom is 0.296 e. The summed E-state index contributed by atoms with van der Waals surface area (Å²) in [5, 5.41) is -2.13. The smallest absolute Gasteiger partial charge is 0.282 e. The van der Waals surface area contributed by atoms with Crippen molar-refractivity contribution in [2.45, 2.75) is 16.2 Å². The molecule has 2 aromatic carbocycles. The molecule has 14 heteroatoms. The van der Waals surface area contributed by atoms with Gasteiger partial charge in [-0.05, 0) is 12.1 Å². The van der Waals surface area contributed by atoms with E-state index in [-0.39, 0.29) is 12.1 Å². The van der Waals surface area contributed by atoms with E-state index >= 15 is 0 Å². The van der Waals surface area contributed by atoms with Crippen LogP contribution in [0, 0.1) is 23.3 Å². The molecule has 0 heterocycles. The Labute approximate surface area is 159 Å². The molecule has 6 nitrogen and oxygen atoms in total. The maximum atomic E-state index is 14.1. The van der Waals surface area contributed by atoms with E-state index in [0.717, 1.165) is 0 Å². The third-order valence-corrected chi connectivity index (χ3v) is 6.18. The van der Waals surface area contributed by atoms with Crippen molar-refractivity contribution in [2.24, 2.45) is 0 Å². The molecule has 148 valence electrons. The Bertz CT molecular complexity index is 1070. The first kappa shape index (κ1) is 21.9. The summed E-state index contributed by atoms with van der Waals surface area (Å²) in [5.74, 6) is -7.16. The molecule has 0 atom stereocenters.